The minimum atomic E-state index is 1.02. The van der Waals surface area contributed by atoms with Crippen LogP contribution < -0.4 is 5.32 Å². The molecule has 268 valence electrons. The number of hydrogen-bond acceptors (Lipinski definition) is 2. The molecule has 3 nitrogen and oxygen atoms in total. The van der Waals surface area contributed by atoms with Crippen molar-refractivity contribution in [3.8, 4) is 22.5 Å². The Labute approximate surface area is 327 Å². The molecule has 1 aliphatic rings. The summed E-state index contributed by atoms with van der Waals surface area (Å²) < 4.78 is 4.94. The van der Waals surface area contributed by atoms with Crippen molar-refractivity contribution < 1.29 is 0 Å². The Hall–Kier alpha value is -6.23. The number of rotatable bonds is 7. The molecule has 0 amide bonds. The smallest absolute Gasteiger partial charge is 0.0542 e. The van der Waals surface area contributed by atoms with Crippen molar-refractivity contribution in [2.24, 2.45) is 0 Å². The van der Waals surface area contributed by atoms with Crippen molar-refractivity contribution in [3.05, 3.63) is 186 Å². The summed E-state index contributed by atoms with van der Waals surface area (Å²) >= 11 is 1.66. The van der Waals surface area contributed by atoms with Crippen LogP contribution in [0.4, 0.5) is 11.4 Å². The molecule has 0 atom stereocenters. The molecule has 10 rings (SSSR count). The average Bonchev–Trinajstić information content (AvgIpc) is 3.77. The summed E-state index contributed by atoms with van der Waals surface area (Å²) in [6.45, 7) is 8.17. The molecule has 7 aromatic carbocycles. The number of benzene rings is 7. The van der Waals surface area contributed by atoms with Gasteiger partial charge in [0.15, 0.2) is 0 Å². The molecule has 1 aliphatic carbocycles. The number of aromatic nitrogens is 2. The molecule has 55 heavy (non-hydrogen) atoms. The van der Waals surface area contributed by atoms with Crippen molar-refractivity contribution >= 4 is 72.7 Å². The highest BCUT2D eigenvalue weighted by atomic mass is 32.2. The predicted molar refractivity (Wildman–Crippen MR) is 241 cm³/mol. The topological polar surface area (TPSA) is 21.9 Å². The number of nitrogens with one attached hydrogen (secondary N) is 1. The number of aryl methyl sites for hydroxylation is 1. The lowest BCUT2D eigenvalue weighted by atomic mass is 9.88. The van der Waals surface area contributed by atoms with Crippen LogP contribution in [0, 0.1) is 0 Å². The number of anilines is 2. The molecule has 9 aromatic rings. The van der Waals surface area contributed by atoms with Crippen LogP contribution in [0.5, 0.6) is 0 Å². The van der Waals surface area contributed by atoms with E-state index in [9.17, 15) is 0 Å². The van der Waals surface area contributed by atoms with Crippen LogP contribution in [-0.4, -0.2) is 15.4 Å². The fourth-order valence-electron chi connectivity index (χ4n) is 8.41. The summed E-state index contributed by atoms with van der Waals surface area (Å²) in [5.41, 5.74) is 14.9. The maximum absolute atomic E-state index is 4.17. The largest absolute Gasteiger partial charge is 0.355 e. The molecule has 2 aromatic heterocycles. The van der Waals surface area contributed by atoms with Crippen molar-refractivity contribution in [1.82, 2.24) is 9.13 Å². The van der Waals surface area contributed by atoms with E-state index in [0.717, 1.165) is 40.4 Å². The molecule has 0 aliphatic heterocycles. The van der Waals surface area contributed by atoms with E-state index in [1.807, 2.05) is 19.9 Å². The monoisotopic (exact) mass is 729 g/mol. The number of fused-ring (bicyclic) bond motifs is 9. The summed E-state index contributed by atoms with van der Waals surface area (Å²) in [6, 6.07) is 55.4. The SMILES string of the molecule is C=C(/C=C\c1ccc2cc(-n3c4ccccc4c4cc(-n5c6c(c7ccccc75)-c5ccccc5CC6)ccc43)ccc2c1Nc1ccccc1)SC.CC. The Morgan fingerprint density at radius 1 is 0.618 bits per heavy atom. The first-order valence-corrected chi connectivity index (χ1v) is 20.4. The molecule has 0 spiro atoms. The second kappa shape index (κ2) is 14.5. The highest BCUT2D eigenvalue weighted by molar-refractivity contribution is 8.02. The van der Waals surface area contributed by atoms with Crippen molar-refractivity contribution in [3.63, 3.8) is 0 Å². The van der Waals surface area contributed by atoms with E-state index in [-0.39, 0.29) is 0 Å². The first-order chi connectivity index (χ1) is 27.2. The maximum atomic E-state index is 4.17. The minimum Gasteiger partial charge on any atom is -0.355 e. The minimum absolute atomic E-state index is 1.02. The van der Waals surface area contributed by atoms with Gasteiger partial charge in [-0.05, 0) is 107 Å². The Kier molecular flexibility index (Phi) is 9.13. The summed E-state index contributed by atoms with van der Waals surface area (Å²) in [6.07, 6.45) is 8.38. The van der Waals surface area contributed by atoms with Gasteiger partial charge in [0.25, 0.3) is 0 Å². The number of thioether (sulfide) groups is 1. The third-order valence-corrected chi connectivity index (χ3v) is 11.5. The van der Waals surface area contributed by atoms with Crippen LogP contribution in [-0.2, 0) is 12.8 Å². The van der Waals surface area contributed by atoms with E-state index in [4.69, 9.17) is 0 Å². The first kappa shape index (κ1) is 34.5. The van der Waals surface area contributed by atoms with Crippen LogP contribution in [0.15, 0.2) is 169 Å². The standard InChI is InChI=1S/C49H37N3S.C2H6/c1-32(53-2)20-21-34-22-23-35-30-37(25-27-40(35)49(34)50-36-13-4-3-5-14-36)51-44-18-10-8-16-41(44)43-31-38(26-29-46(43)51)52-45-19-11-9-17-42(45)48-39-15-7-6-12-33(39)24-28-47(48)52;1-2/h3-23,25-27,29-31,50H,1,24,28H2,2H3;1-2H3/b21-20-;. The lowest BCUT2D eigenvalue weighted by Gasteiger charge is -2.19. The van der Waals surface area contributed by atoms with Gasteiger partial charge < -0.3 is 14.5 Å². The van der Waals surface area contributed by atoms with E-state index in [1.54, 1.807) is 11.8 Å². The molecule has 0 radical (unpaired) electrons. The molecule has 0 saturated carbocycles. The van der Waals surface area contributed by atoms with Gasteiger partial charge in [0, 0.05) is 49.9 Å². The Morgan fingerprint density at radius 2 is 1.29 bits per heavy atom. The van der Waals surface area contributed by atoms with E-state index in [1.165, 1.54) is 71.6 Å². The Balaban J connectivity index is 0.00000195. The first-order valence-electron chi connectivity index (χ1n) is 19.2. The summed E-state index contributed by atoms with van der Waals surface area (Å²) in [5.74, 6) is 0. The molecule has 4 heteroatoms. The lowest BCUT2D eigenvalue weighted by Crippen LogP contribution is -2.08. The molecular formula is C51H43N3S. The molecule has 1 N–H and O–H groups in total. The van der Waals surface area contributed by atoms with Gasteiger partial charge in [0.2, 0.25) is 0 Å². The van der Waals surface area contributed by atoms with Gasteiger partial charge in [0.1, 0.15) is 0 Å². The number of allylic oxidation sites excluding steroid dienone is 1. The normalized spacial score (nSPS) is 12.2. The van der Waals surface area contributed by atoms with Gasteiger partial charge in [-0.1, -0.05) is 124 Å². The molecule has 0 bridgehead atoms. The summed E-state index contributed by atoms with van der Waals surface area (Å²) in [4.78, 5) is 1.02. The zero-order valence-corrected chi connectivity index (χ0v) is 32.3. The molecule has 0 saturated heterocycles. The van der Waals surface area contributed by atoms with Crippen molar-refractivity contribution in [2.45, 2.75) is 26.7 Å². The fraction of sp³-hybridized carbons (Fsp3) is 0.0980. The van der Waals surface area contributed by atoms with Crippen LogP contribution >= 0.6 is 11.8 Å². The molecule has 0 fully saturated rings. The quantitative estimate of drug-likeness (QED) is 0.165. The number of para-hydroxylation sites is 3. The number of hydrogen-bond donors (Lipinski definition) is 1. The van der Waals surface area contributed by atoms with E-state index >= 15 is 0 Å². The average molecular weight is 730 g/mol. The van der Waals surface area contributed by atoms with Crippen molar-refractivity contribution in [2.75, 3.05) is 11.6 Å². The van der Waals surface area contributed by atoms with Crippen LogP contribution in [0.1, 0.15) is 30.7 Å². The van der Waals surface area contributed by atoms with E-state index in [0.29, 0.717) is 0 Å². The third kappa shape index (κ3) is 5.94. The Morgan fingerprint density at radius 3 is 2.11 bits per heavy atom. The highest BCUT2D eigenvalue weighted by Crippen LogP contribution is 2.43. The third-order valence-electron chi connectivity index (χ3n) is 10.9. The maximum Gasteiger partial charge on any atom is 0.0542 e. The zero-order valence-electron chi connectivity index (χ0n) is 31.5. The molecule has 0 unspecified atom stereocenters. The highest BCUT2D eigenvalue weighted by Gasteiger charge is 2.25. The second-order valence-corrected chi connectivity index (χ2v) is 14.7. The molecular weight excluding hydrogens is 687 g/mol. The van der Waals surface area contributed by atoms with Crippen LogP contribution in [0.25, 0.3) is 72.1 Å². The fourth-order valence-corrected chi connectivity index (χ4v) is 8.61. The van der Waals surface area contributed by atoms with Gasteiger partial charge in [-0.2, -0.15) is 0 Å². The molecule has 2 heterocycles. The second-order valence-electron chi connectivity index (χ2n) is 13.8. The number of nitrogens with zero attached hydrogens (tertiary/aromatic N) is 2. The van der Waals surface area contributed by atoms with Gasteiger partial charge in [-0.15, -0.1) is 11.8 Å². The lowest BCUT2D eigenvalue weighted by molar-refractivity contribution is 0.866. The van der Waals surface area contributed by atoms with E-state index < -0.39 is 0 Å². The van der Waals surface area contributed by atoms with Gasteiger partial charge in [-0.3, -0.25) is 0 Å². The summed E-state index contributed by atoms with van der Waals surface area (Å²) in [5, 5.41) is 9.90. The van der Waals surface area contributed by atoms with Crippen LogP contribution in [0.2, 0.25) is 0 Å². The van der Waals surface area contributed by atoms with Gasteiger partial charge in [0.05, 0.1) is 22.2 Å². The van der Waals surface area contributed by atoms with E-state index in [2.05, 4.69) is 185 Å². The predicted octanol–water partition coefficient (Wildman–Crippen LogP) is 14.3. The van der Waals surface area contributed by atoms with Gasteiger partial charge >= 0.3 is 0 Å². The Bertz CT molecular complexity index is 2930. The van der Waals surface area contributed by atoms with Crippen LogP contribution in [0.3, 0.4) is 0 Å². The van der Waals surface area contributed by atoms with Crippen molar-refractivity contribution in [1.29, 1.82) is 0 Å². The van der Waals surface area contributed by atoms with Gasteiger partial charge in [-0.25, -0.2) is 0 Å². The zero-order chi connectivity index (χ0) is 37.5. The summed E-state index contributed by atoms with van der Waals surface area (Å²) in [7, 11) is 0.